The van der Waals surface area contributed by atoms with E-state index in [1.54, 1.807) is 0 Å². The van der Waals surface area contributed by atoms with Crippen molar-refractivity contribution in [3.05, 3.63) is 41.2 Å². The Morgan fingerprint density at radius 2 is 2.06 bits per heavy atom. The zero-order chi connectivity index (χ0) is 12.6. The molecule has 0 fully saturated rings. The van der Waals surface area contributed by atoms with Crippen LogP contribution in [-0.4, -0.2) is 16.2 Å². The minimum atomic E-state index is -1.26. The van der Waals surface area contributed by atoms with Crippen molar-refractivity contribution in [1.82, 2.24) is 5.16 Å². The topological polar surface area (TPSA) is 63.3 Å². The summed E-state index contributed by atoms with van der Waals surface area (Å²) in [5.41, 5.74) is 0.711. The summed E-state index contributed by atoms with van der Waals surface area (Å²) in [5.74, 6) is -3.58. The Labute approximate surface area is 94.5 Å². The monoisotopic (exact) mass is 239 g/mol. The first-order chi connectivity index (χ1) is 8.00. The highest BCUT2D eigenvalue weighted by Gasteiger charge is 2.19. The second kappa shape index (κ2) is 3.97. The van der Waals surface area contributed by atoms with Gasteiger partial charge in [0.05, 0.1) is 0 Å². The van der Waals surface area contributed by atoms with Gasteiger partial charge >= 0.3 is 5.97 Å². The van der Waals surface area contributed by atoms with E-state index in [-0.39, 0.29) is 22.6 Å². The van der Waals surface area contributed by atoms with Crippen molar-refractivity contribution in [2.24, 2.45) is 0 Å². The third-order valence-electron chi connectivity index (χ3n) is 2.31. The highest BCUT2D eigenvalue weighted by Crippen LogP contribution is 2.25. The van der Waals surface area contributed by atoms with Crippen LogP contribution in [0.5, 0.6) is 0 Å². The predicted octanol–water partition coefficient (Wildman–Crippen LogP) is 2.63. The molecule has 0 unspecified atom stereocenters. The first-order valence-electron chi connectivity index (χ1n) is 4.65. The first-order valence-corrected chi connectivity index (χ1v) is 4.65. The number of hydrogen-bond acceptors (Lipinski definition) is 3. The smallest absolute Gasteiger partial charge is 0.375 e. The Balaban J connectivity index is 2.53. The van der Waals surface area contributed by atoms with Gasteiger partial charge in [0, 0.05) is 11.1 Å². The molecule has 0 spiro atoms. The van der Waals surface area contributed by atoms with Crippen molar-refractivity contribution < 1.29 is 23.2 Å². The lowest BCUT2D eigenvalue weighted by Gasteiger charge is -1.98. The molecule has 2 rings (SSSR count). The van der Waals surface area contributed by atoms with Gasteiger partial charge in [-0.1, -0.05) is 5.16 Å². The Kier molecular flexibility index (Phi) is 2.63. The average Bonchev–Trinajstić information content (AvgIpc) is 2.64. The van der Waals surface area contributed by atoms with Crippen LogP contribution in [0.3, 0.4) is 0 Å². The van der Waals surface area contributed by atoms with Crippen molar-refractivity contribution in [3.8, 4) is 11.3 Å². The van der Waals surface area contributed by atoms with Crippen LogP contribution in [0.25, 0.3) is 11.3 Å². The molecule has 4 nitrogen and oxygen atoms in total. The maximum atomic E-state index is 13.0. The summed E-state index contributed by atoms with van der Waals surface area (Å²) in [7, 11) is 0. The second-order valence-electron chi connectivity index (χ2n) is 3.42. The molecule has 0 aliphatic rings. The van der Waals surface area contributed by atoms with Crippen LogP contribution in [0, 0.1) is 18.6 Å². The fourth-order valence-electron chi connectivity index (χ4n) is 1.45. The highest BCUT2D eigenvalue weighted by molar-refractivity contribution is 5.88. The molecule has 1 aromatic carbocycles. The summed E-state index contributed by atoms with van der Waals surface area (Å²) in [6.45, 7) is 1.48. The Bertz CT molecular complexity index is 592. The molecule has 6 heteroatoms. The number of carboxylic acid groups (broad SMARTS) is 1. The molecule has 0 aliphatic heterocycles. The summed E-state index contributed by atoms with van der Waals surface area (Å²) >= 11 is 0. The van der Waals surface area contributed by atoms with Crippen molar-refractivity contribution in [1.29, 1.82) is 0 Å². The van der Waals surface area contributed by atoms with E-state index in [1.807, 2.05) is 0 Å². The molecule has 88 valence electrons. The Hall–Kier alpha value is -2.24. The van der Waals surface area contributed by atoms with Gasteiger partial charge in [-0.25, -0.2) is 13.6 Å². The van der Waals surface area contributed by atoms with Gasteiger partial charge in [-0.05, 0) is 25.1 Å². The maximum Gasteiger partial charge on any atom is 0.375 e. The van der Waals surface area contributed by atoms with E-state index in [0.29, 0.717) is 0 Å². The third-order valence-corrected chi connectivity index (χ3v) is 2.31. The van der Waals surface area contributed by atoms with Crippen LogP contribution in [0.4, 0.5) is 8.78 Å². The van der Waals surface area contributed by atoms with Crippen LogP contribution in [0.15, 0.2) is 22.7 Å². The molecule has 0 aliphatic carbocycles. The van der Waals surface area contributed by atoms with Crippen LogP contribution in [0.1, 0.15) is 16.1 Å². The number of halogens is 2. The van der Waals surface area contributed by atoms with E-state index in [1.165, 1.54) is 13.0 Å². The average molecular weight is 239 g/mol. The largest absolute Gasteiger partial charge is 0.475 e. The Morgan fingerprint density at radius 1 is 1.35 bits per heavy atom. The number of aromatic nitrogens is 1. The van der Waals surface area contributed by atoms with E-state index in [4.69, 9.17) is 5.11 Å². The fraction of sp³-hybridized carbons (Fsp3) is 0.0909. The normalized spacial score (nSPS) is 10.5. The van der Waals surface area contributed by atoms with Gasteiger partial charge in [-0.2, -0.15) is 0 Å². The van der Waals surface area contributed by atoms with Gasteiger partial charge in [0.2, 0.25) is 5.76 Å². The summed E-state index contributed by atoms with van der Waals surface area (Å²) in [5, 5.41) is 12.3. The summed E-state index contributed by atoms with van der Waals surface area (Å²) in [4.78, 5) is 10.7. The number of carboxylic acids is 1. The molecule has 1 heterocycles. The van der Waals surface area contributed by atoms with Crippen LogP contribution in [-0.2, 0) is 0 Å². The molecule has 0 saturated carbocycles. The summed E-state index contributed by atoms with van der Waals surface area (Å²) in [6, 6.07) is 3.18. The SMILES string of the molecule is Cc1c(-c2ccc(F)c(F)c2)noc1C(=O)O. The van der Waals surface area contributed by atoms with Crippen LogP contribution < -0.4 is 0 Å². The molecule has 1 N–H and O–H groups in total. The lowest BCUT2D eigenvalue weighted by molar-refractivity contribution is 0.0651. The van der Waals surface area contributed by atoms with Crippen molar-refractivity contribution in [2.45, 2.75) is 6.92 Å². The lowest BCUT2D eigenvalue weighted by atomic mass is 10.1. The number of aromatic carboxylic acids is 1. The van der Waals surface area contributed by atoms with Crippen LogP contribution in [0.2, 0.25) is 0 Å². The zero-order valence-electron chi connectivity index (χ0n) is 8.70. The molecule has 1 aromatic heterocycles. The quantitative estimate of drug-likeness (QED) is 0.874. The minimum Gasteiger partial charge on any atom is -0.475 e. The van der Waals surface area contributed by atoms with Crippen LogP contribution >= 0.6 is 0 Å². The zero-order valence-corrected chi connectivity index (χ0v) is 8.70. The molecule has 0 atom stereocenters. The lowest BCUT2D eigenvalue weighted by Crippen LogP contribution is -1.96. The molecule has 17 heavy (non-hydrogen) atoms. The van der Waals surface area contributed by atoms with Gasteiger partial charge in [0.25, 0.3) is 0 Å². The molecule has 0 bridgehead atoms. The molecule has 2 aromatic rings. The van der Waals surface area contributed by atoms with Gasteiger partial charge in [0.1, 0.15) is 5.69 Å². The van der Waals surface area contributed by atoms with E-state index in [9.17, 15) is 13.6 Å². The van der Waals surface area contributed by atoms with Gasteiger partial charge in [0.15, 0.2) is 11.6 Å². The number of carbonyl (C=O) groups is 1. The number of nitrogens with zero attached hydrogens (tertiary/aromatic N) is 1. The Morgan fingerprint density at radius 3 is 2.59 bits per heavy atom. The fourth-order valence-corrected chi connectivity index (χ4v) is 1.45. The number of hydrogen-bond donors (Lipinski definition) is 1. The molecular formula is C11H7F2NO3. The van der Waals surface area contributed by atoms with Gasteiger partial charge in [-0.15, -0.1) is 0 Å². The van der Waals surface area contributed by atoms with E-state index in [2.05, 4.69) is 9.68 Å². The first kappa shape index (κ1) is 11.3. The van der Waals surface area contributed by atoms with E-state index in [0.717, 1.165) is 12.1 Å². The van der Waals surface area contributed by atoms with Gasteiger partial charge in [-0.3, -0.25) is 0 Å². The molecule has 0 amide bonds. The van der Waals surface area contributed by atoms with Crippen molar-refractivity contribution in [2.75, 3.05) is 0 Å². The predicted molar refractivity (Wildman–Crippen MR) is 53.6 cm³/mol. The number of rotatable bonds is 2. The molecule has 0 saturated heterocycles. The third kappa shape index (κ3) is 1.89. The number of benzene rings is 1. The highest BCUT2D eigenvalue weighted by atomic mass is 19.2. The standard InChI is InChI=1S/C11H7F2NO3/c1-5-9(14-17-10(5)11(15)16)6-2-3-7(12)8(13)4-6/h2-4H,1H3,(H,15,16). The summed E-state index contributed by atoms with van der Waals surface area (Å²) in [6.07, 6.45) is 0. The van der Waals surface area contributed by atoms with E-state index < -0.39 is 17.6 Å². The van der Waals surface area contributed by atoms with Crippen molar-refractivity contribution in [3.63, 3.8) is 0 Å². The maximum absolute atomic E-state index is 13.0. The minimum absolute atomic E-state index is 0.182. The molecular weight excluding hydrogens is 232 g/mol. The van der Waals surface area contributed by atoms with E-state index >= 15 is 0 Å². The van der Waals surface area contributed by atoms with Crippen molar-refractivity contribution >= 4 is 5.97 Å². The van der Waals surface area contributed by atoms with Gasteiger partial charge < -0.3 is 9.63 Å². The molecule has 0 radical (unpaired) electrons. The second-order valence-corrected chi connectivity index (χ2v) is 3.42. The summed E-state index contributed by atoms with van der Waals surface area (Å²) < 4.78 is 30.4.